The van der Waals surface area contributed by atoms with Crippen molar-refractivity contribution >= 4 is 50.6 Å². The van der Waals surface area contributed by atoms with Crippen molar-refractivity contribution < 1.29 is 3.79 Å². The lowest BCUT2D eigenvalue weighted by Crippen LogP contribution is -1.97. The molecule has 4 heteroatoms. The molecule has 0 amide bonds. The Labute approximate surface area is 80.5 Å². The first-order chi connectivity index (χ1) is 2.77. The maximum Gasteiger partial charge on any atom is 0.369 e. The Morgan fingerprint density at radius 3 is 1.75 bits per heavy atom. The van der Waals surface area contributed by atoms with Crippen LogP contribution in [0.3, 0.4) is 0 Å². The van der Waals surface area contributed by atoms with Gasteiger partial charge in [0.1, 0.15) is 0 Å². The summed E-state index contributed by atoms with van der Waals surface area (Å²) in [5, 5.41) is 0. The van der Waals surface area contributed by atoms with Crippen LogP contribution < -0.4 is 0 Å². The summed E-state index contributed by atoms with van der Waals surface area (Å²) in [5.74, 6) is 0.655. The average molecular weight is 262 g/mol. The lowest BCUT2D eigenvalue weighted by Gasteiger charge is -2.00. The second-order valence-electron chi connectivity index (χ2n) is 1.73. The maximum absolute atomic E-state index is 4.72. The number of halogens is 2. The summed E-state index contributed by atoms with van der Waals surface area (Å²) in [6.45, 7) is 5.07. The molecule has 0 atom stereocenters. The molecule has 0 N–H and O–H groups in total. The van der Waals surface area contributed by atoms with E-state index in [4.69, 9.17) is 3.79 Å². The van der Waals surface area contributed by atoms with E-state index in [1.165, 1.54) is 0 Å². The SMILES string of the molecule is Br.Br.CC(C)C[O][Al]. The smallest absolute Gasteiger partial charge is 0.369 e. The first kappa shape index (κ1) is 16.2. The second kappa shape index (κ2) is 11.3. The number of hydrogen-bond donors (Lipinski definition) is 0. The molecule has 0 saturated carbocycles. The van der Waals surface area contributed by atoms with Crippen LogP contribution in [0.4, 0.5) is 0 Å². The highest BCUT2D eigenvalue weighted by Gasteiger charge is 1.84. The molecule has 0 spiro atoms. The standard InChI is InChI=1S/C4H9O.Al.2BrH/c1-4(2)3-5;;;/h4H,3H2,1-2H3;;2*1H/q-1;+1;;. The Kier molecular flexibility index (Phi) is 22.9. The predicted octanol–water partition coefficient (Wildman–Crippen LogP) is 1.90. The summed E-state index contributed by atoms with van der Waals surface area (Å²) in [6, 6.07) is 0. The van der Waals surface area contributed by atoms with Crippen molar-refractivity contribution in [2.45, 2.75) is 13.8 Å². The molecule has 0 saturated heterocycles. The molecule has 0 aromatic heterocycles. The van der Waals surface area contributed by atoms with Gasteiger partial charge in [0.05, 0.1) is 0 Å². The molecule has 50 valence electrons. The summed E-state index contributed by atoms with van der Waals surface area (Å²) in [4.78, 5) is 0. The minimum Gasteiger partial charge on any atom is -0.516 e. The molecule has 0 unspecified atom stereocenters. The molecule has 0 rings (SSSR count). The molecule has 0 aromatic rings. The first-order valence-corrected chi connectivity index (χ1v) is 2.56. The third kappa shape index (κ3) is 15.7. The van der Waals surface area contributed by atoms with E-state index in [2.05, 4.69) is 30.5 Å². The van der Waals surface area contributed by atoms with Gasteiger partial charge >= 0.3 is 16.6 Å². The van der Waals surface area contributed by atoms with Crippen LogP contribution in [0.5, 0.6) is 0 Å². The summed E-state index contributed by atoms with van der Waals surface area (Å²) < 4.78 is 4.72. The van der Waals surface area contributed by atoms with Gasteiger partial charge in [-0.05, 0) is 5.92 Å². The zero-order chi connectivity index (χ0) is 4.99. The van der Waals surface area contributed by atoms with Crippen molar-refractivity contribution in [3.63, 3.8) is 0 Å². The van der Waals surface area contributed by atoms with E-state index in [1.807, 2.05) is 0 Å². The Bertz CT molecular complexity index is 35.2. The maximum atomic E-state index is 4.72. The van der Waals surface area contributed by atoms with Crippen LogP contribution in [-0.2, 0) is 3.79 Å². The van der Waals surface area contributed by atoms with E-state index in [0.29, 0.717) is 5.92 Å². The van der Waals surface area contributed by atoms with Gasteiger partial charge in [0.2, 0.25) is 0 Å². The molecular formula is C4H11AlBr2O. The predicted molar refractivity (Wildman–Crippen MR) is 47.2 cm³/mol. The van der Waals surface area contributed by atoms with Crippen LogP contribution in [0.1, 0.15) is 13.8 Å². The van der Waals surface area contributed by atoms with Gasteiger partial charge in [-0.2, -0.15) is 0 Å². The minimum atomic E-state index is 0. The normalized spacial score (nSPS) is 7.38. The van der Waals surface area contributed by atoms with Crippen LogP contribution >= 0.6 is 34.0 Å². The quantitative estimate of drug-likeness (QED) is 0.690. The molecule has 8 heavy (non-hydrogen) atoms. The molecule has 0 aliphatic rings. The van der Waals surface area contributed by atoms with Gasteiger partial charge in [-0.25, -0.2) is 0 Å². The van der Waals surface area contributed by atoms with E-state index < -0.39 is 0 Å². The third-order valence-electron chi connectivity index (χ3n) is 0.430. The minimum absolute atomic E-state index is 0. The van der Waals surface area contributed by atoms with Crippen molar-refractivity contribution in [2.75, 3.05) is 6.61 Å². The van der Waals surface area contributed by atoms with Gasteiger partial charge in [0, 0.05) is 6.61 Å². The fourth-order valence-corrected chi connectivity index (χ4v) is 0.577. The van der Waals surface area contributed by atoms with Crippen molar-refractivity contribution in [3.05, 3.63) is 0 Å². The van der Waals surface area contributed by atoms with Crippen molar-refractivity contribution in [2.24, 2.45) is 5.92 Å². The van der Waals surface area contributed by atoms with E-state index in [0.717, 1.165) is 6.61 Å². The van der Waals surface area contributed by atoms with Crippen LogP contribution in [0.15, 0.2) is 0 Å². The zero-order valence-corrected chi connectivity index (χ0v) is 9.67. The highest BCUT2D eigenvalue weighted by Crippen LogP contribution is 1.87. The largest absolute Gasteiger partial charge is 0.516 e. The summed E-state index contributed by atoms with van der Waals surface area (Å²) in [5.41, 5.74) is 0. The zero-order valence-electron chi connectivity index (χ0n) is 5.09. The van der Waals surface area contributed by atoms with Gasteiger partial charge in [0.15, 0.2) is 0 Å². The van der Waals surface area contributed by atoms with Crippen molar-refractivity contribution in [1.29, 1.82) is 0 Å². The van der Waals surface area contributed by atoms with Crippen molar-refractivity contribution in [3.8, 4) is 0 Å². The van der Waals surface area contributed by atoms with E-state index in [-0.39, 0.29) is 34.0 Å². The van der Waals surface area contributed by atoms with E-state index in [1.54, 1.807) is 0 Å². The molecule has 0 bridgehead atoms. The number of rotatable bonds is 2. The highest BCUT2D eigenvalue weighted by molar-refractivity contribution is 8.93. The van der Waals surface area contributed by atoms with Crippen LogP contribution in [0, 0.1) is 5.92 Å². The molecule has 0 heterocycles. The van der Waals surface area contributed by atoms with Gasteiger partial charge < -0.3 is 3.79 Å². The van der Waals surface area contributed by atoms with Gasteiger partial charge in [0.25, 0.3) is 0 Å². The van der Waals surface area contributed by atoms with Crippen LogP contribution in [0.2, 0.25) is 0 Å². The molecule has 0 aromatic carbocycles. The fraction of sp³-hybridized carbons (Fsp3) is 1.00. The lowest BCUT2D eigenvalue weighted by molar-refractivity contribution is 0.295. The first-order valence-electron chi connectivity index (χ1n) is 2.09. The van der Waals surface area contributed by atoms with E-state index in [9.17, 15) is 0 Å². The Balaban J connectivity index is -0.000000125. The molecule has 0 aliphatic carbocycles. The Hall–Kier alpha value is 1.45. The lowest BCUT2D eigenvalue weighted by atomic mass is 10.2. The van der Waals surface area contributed by atoms with Gasteiger partial charge in [-0.1, -0.05) is 13.8 Å². The Morgan fingerprint density at radius 2 is 1.75 bits per heavy atom. The monoisotopic (exact) mass is 260 g/mol. The molecular weight excluding hydrogens is 251 g/mol. The topological polar surface area (TPSA) is 9.23 Å². The highest BCUT2D eigenvalue weighted by atomic mass is 79.9. The van der Waals surface area contributed by atoms with Gasteiger partial charge in [-0.15, -0.1) is 34.0 Å². The molecule has 1 nitrogen and oxygen atoms in total. The summed E-state index contributed by atoms with van der Waals surface area (Å²) in [7, 11) is 0. The Morgan fingerprint density at radius 1 is 1.38 bits per heavy atom. The van der Waals surface area contributed by atoms with Gasteiger partial charge in [-0.3, -0.25) is 0 Å². The molecule has 0 aliphatic heterocycles. The summed E-state index contributed by atoms with van der Waals surface area (Å²) >= 11 is 2.22. The van der Waals surface area contributed by atoms with E-state index >= 15 is 0 Å². The fourth-order valence-electron chi connectivity index (χ4n) is 0.192. The molecule has 2 radical (unpaired) electrons. The summed E-state index contributed by atoms with van der Waals surface area (Å²) in [6.07, 6.45) is 0. The van der Waals surface area contributed by atoms with Crippen LogP contribution in [0.25, 0.3) is 0 Å². The molecule has 0 fully saturated rings. The second-order valence-corrected chi connectivity index (χ2v) is 2.06. The average Bonchev–Trinajstić information content (AvgIpc) is 1.35. The third-order valence-corrected chi connectivity index (χ3v) is 0.622. The van der Waals surface area contributed by atoms with Crippen molar-refractivity contribution in [1.82, 2.24) is 0 Å². The number of hydrogen-bond acceptors (Lipinski definition) is 1. The van der Waals surface area contributed by atoms with Crippen LogP contribution in [-0.4, -0.2) is 23.2 Å².